The van der Waals surface area contributed by atoms with Crippen LogP contribution in [0.4, 0.5) is 13.2 Å². The second-order valence-electron chi connectivity index (χ2n) is 6.56. The number of amides is 1. The van der Waals surface area contributed by atoms with Crippen molar-refractivity contribution in [2.45, 2.75) is 38.6 Å². The van der Waals surface area contributed by atoms with Gasteiger partial charge in [0.05, 0.1) is 0 Å². The van der Waals surface area contributed by atoms with E-state index in [9.17, 15) is 18.0 Å². The minimum Gasteiger partial charge on any atom is -0.406 e. The van der Waals surface area contributed by atoms with E-state index in [0.717, 1.165) is 24.0 Å². The summed E-state index contributed by atoms with van der Waals surface area (Å²) in [6.45, 7) is 2.65. The molecule has 0 bridgehead atoms. The van der Waals surface area contributed by atoms with Gasteiger partial charge >= 0.3 is 6.36 Å². The summed E-state index contributed by atoms with van der Waals surface area (Å²) in [5.74, 6) is -0.228. The van der Waals surface area contributed by atoms with E-state index in [4.69, 9.17) is 0 Å². The van der Waals surface area contributed by atoms with Crippen LogP contribution in [0, 0.1) is 6.92 Å². The number of carbonyl (C=O) groups excluding carboxylic acids is 1. The van der Waals surface area contributed by atoms with Gasteiger partial charge in [-0.1, -0.05) is 29.8 Å². The Labute approximate surface area is 150 Å². The number of likely N-dealkylation sites (tertiary alicyclic amines) is 1. The first-order valence-corrected chi connectivity index (χ1v) is 8.54. The maximum Gasteiger partial charge on any atom is 0.573 e. The molecule has 0 aliphatic carbocycles. The Hall–Kier alpha value is -2.50. The molecule has 1 aliphatic heterocycles. The predicted molar refractivity (Wildman–Crippen MR) is 92.1 cm³/mol. The molecule has 3 nitrogen and oxygen atoms in total. The van der Waals surface area contributed by atoms with Gasteiger partial charge in [0.1, 0.15) is 5.75 Å². The van der Waals surface area contributed by atoms with E-state index in [1.165, 1.54) is 12.1 Å². The summed E-state index contributed by atoms with van der Waals surface area (Å²) in [4.78, 5) is 14.7. The first kappa shape index (κ1) is 18.3. The fraction of sp³-hybridized carbons (Fsp3) is 0.350. The summed E-state index contributed by atoms with van der Waals surface area (Å²) in [6.07, 6.45) is -2.26. The van der Waals surface area contributed by atoms with E-state index >= 15 is 0 Å². The lowest BCUT2D eigenvalue weighted by Gasteiger charge is -2.25. The first-order valence-electron chi connectivity index (χ1n) is 8.54. The van der Waals surface area contributed by atoms with Crippen molar-refractivity contribution in [1.82, 2.24) is 4.90 Å². The Morgan fingerprint density at radius 2 is 1.92 bits per heavy atom. The third-order valence-corrected chi connectivity index (χ3v) is 4.53. The van der Waals surface area contributed by atoms with Crippen molar-refractivity contribution in [2.24, 2.45) is 0 Å². The molecule has 1 amide bonds. The van der Waals surface area contributed by atoms with E-state index in [1.54, 1.807) is 12.1 Å². The van der Waals surface area contributed by atoms with Crippen molar-refractivity contribution >= 4 is 5.91 Å². The van der Waals surface area contributed by atoms with Crippen LogP contribution in [0.5, 0.6) is 5.75 Å². The largest absolute Gasteiger partial charge is 0.573 e. The van der Waals surface area contributed by atoms with Gasteiger partial charge < -0.3 is 9.64 Å². The Morgan fingerprint density at radius 3 is 2.58 bits per heavy atom. The Kier molecular flexibility index (Phi) is 5.20. The number of hydrogen-bond acceptors (Lipinski definition) is 2. The van der Waals surface area contributed by atoms with E-state index < -0.39 is 6.36 Å². The monoisotopic (exact) mass is 363 g/mol. The van der Waals surface area contributed by atoms with Gasteiger partial charge in [0.2, 0.25) is 0 Å². The zero-order valence-corrected chi connectivity index (χ0v) is 14.4. The molecule has 0 aromatic heterocycles. The highest BCUT2D eigenvalue weighted by atomic mass is 19.4. The minimum atomic E-state index is -4.69. The smallest absolute Gasteiger partial charge is 0.406 e. The molecular weight excluding hydrogens is 343 g/mol. The van der Waals surface area contributed by atoms with E-state index in [1.807, 2.05) is 36.1 Å². The van der Waals surface area contributed by atoms with Gasteiger partial charge in [0.15, 0.2) is 0 Å². The molecule has 0 saturated carbocycles. The van der Waals surface area contributed by atoms with Crippen LogP contribution in [0.3, 0.4) is 0 Å². The van der Waals surface area contributed by atoms with Crippen molar-refractivity contribution in [3.8, 4) is 5.75 Å². The number of halogens is 3. The van der Waals surface area contributed by atoms with Crippen LogP contribution in [0.1, 0.15) is 34.3 Å². The standard InChI is InChI=1S/C20H20F3NO2/c1-14-4-2-5-16(12-14)19(25)24-11-3-6-17(24)13-15-7-9-18(10-8-15)26-20(21,22)23/h2,4-5,7-10,12,17H,3,6,11,13H2,1H3. The van der Waals surface area contributed by atoms with Crippen LogP contribution >= 0.6 is 0 Å². The predicted octanol–water partition coefficient (Wildman–Crippen LogP) is 4.74. The highest BCUT2D eigenvalue weighted by molar-refractivity contribution is 5.94. The van der Waals surface area contributed by atoms with Crippen molar-refractivity contribution < 1.29 is 22.7 Å². The van der Waals surface area contributed by atoms with Gasteiger partial charge in [-0.3, -0.25) is 4.79 Å². The molecule has 3 rings (SSSR count). The molecule has 0 N–H and O–H groups in total. The van der Waals surface area contributed by atoms with E-state index in [-0.39, 0.29) is 17.7 Å². The first-order chi connectivity index (χ1) is 12.3. The van der Waals surface area contributed by atoms with Crippen molar-refractivity contribution in [1.29, 1.82) is 0 Å². The van der Waals surface area contributed by atoms with Gasteiger partial charge in [0, 0.05) is 18.2 Å². The number of ether oxygens (including phenoxy) is 1. The average molecular weight is 363 g/mol. The number of nitrogens with zero attached hydrogens (tertiary/aromatic N) is 1. The van der Waals surface area contributed by atoms with Crippen LogP contribution in [0.25, 0.3) is 0 Å². The van der Waals surface area contributed by atoms with Crippen LogP contribution in [-0.4, -0.2) is 29.8 Å². The normalized spacial score (nSPS) is 17.4. The molecule has 0 spiro atoms. The number of alkyl halides is 3. The summed E-state index contributed by atoms with van der Waals surface area (Å²) >= 11 is 0. The van der Waals surface area contributed by atoms with E-state index in [0.29, 0.717) is 18.5 Å². The molecule has 1 aliphatic rings. The fourth-order valence-corrected chi connectivity index (χ4v) is 3.36. The maximum absolute atomic E-state index is 12.8. The Bertz CT molecular complexity index is 771. The second kappa shape index (κ2) is 7.40. The number of aryl methyl sites for hydroxylation is 1. The molecule has 1 atom stereocenters. The maximum atomic E-state index is 12.8. The fourth-order valence-electron chi connectivity index (χ4n) is 3.36. The van der Waals surface area contributed by atoms with Gasteiger partial charge in [-0.2, -0.15) is 0 Å². The zero-order chi connectivity index (χ0) is 18.7. The molecule has 1 unspecified atom stereocenters. The molecule has 1 heterocycles. The molecule has 6 heteroatoms. The molecular formula is C20H20F3NO2. The molecule has 26 heavy (non-hydrogen) atoms. The molecule has 1 saturated heterocycles. The van der Waals surface area contributed by atoms with Gasteiger partial charge in [-0.15, -0.1) is 13.2 Å². The van der Waals surface area contributed by atoms with Crippen LogP contribution in [-0.2, 0) is 6.42 Å². The quantitative estimate of drug-likeness (QED) is 0.785. The van der Waals surface area contributed by atoms with Crippen molar-refractivity contribution in [3.05, 3.63) is 65.2 Å². The van der Waals surface area contributed by atoms with E-state index in [2.05, 4.69) is 4.74 Å². The molecule has 2 aromatic carbocycles. The van der Waals surface area contributed by atoms with Crippen molar-refractivity contribution in [2.75, 3.05) is 6.54 Å². The molecule has 138 valence electrons. The SMILES string of the molecule is Cc1cccc(C(=O)N2CCCC2Cc2ccc(OC(F)(F)F)cc2)c1. The summed E-state index contributed by atoms with van der Waals surface area (Å²) < 4.78 is 40.6. The molecule has 0 radical (unpaired) electrons. The molecule has 2 aromatic rings. The van der Waals surface area contributed by atoms with Crippen LogP contribution < -0.4 is 4.74 Å². The van der Waals surface area contributed by atoms with Crippen molar-refractivity contribution in [3.63, 3.8) is 0 Å². The Balaban J connectivity index is 1.68. The zero-order valence-electron chi connectivity index (χ0n) is 14.4. The number of carbonyl (C=O) groups is 1. The summed E-state index contributed by atoms with van der Waals surface area (Å²) in [6, 6.07) is 13.4. The lowest BCUT2D eigenvalue weighted by Crippen LogP contribution is -2.36. The molecule has 1 fully saturated rings. The lowest BCUT2D eigenvalue weighted by molar-refractivity contribution is -0.274. The highest BCUT2D eigenvalue weighted by Crippen LogP contribution is 2.26. The highest BCUT2D eigenvalue weighted by Gasteiger charge is 2.31. The number of benzene rings is 2. The van der Waals surface area contributed by atoms with Crippen LogP contribution in [0.2, 0.25) is 0 Å². The third-order valence-electron chi connectivity index (χ3n) is 4.53. The van der Waals surface area contributed by atoms with Gasteiger partial charge in [0.25, 0.3) is 5.91 Å². The third kappa shape index (κ3) is 4.56. The lowest BCUT2D eigenvalue weighted by atomic mass is 10.0. The second-order valence-corrected chi connectivity index (χ2v) is 6.56. The topological polar surface area (TPSA) is 29.5 Å². The minimum absolute atomic E-state index is 0.00762. The van der Waals surface area contributed by atoms with Gasteiger partial charge in [-0.25, -0.2) is 0 Å². The average Bonchev–Trinajstić information content (AvgIpc) is 3.03. The van der Waals surface area contributed by atoms with Crippen LogP contribution in [0.15, 0.2) is 48.5 Å². The Morgan fingerprint density at radius 1 is 1.19 bits per heavy atom. The summed E-state index contributed by atoms with van der Waals surface area (Å²) in [5.41, 5.74) is 2.59. The van der Waals surface area contributed by atoms with Gasteiger partial charge in [-0.05, 0) is 56.0 Å². The summed E-state index contributed by atoms with van der Waals surface area (Å²) in [5, 5.41) is 0. The summed E-state index contributed by atoms with van der Waals surface area (Å²) in [7, 11) is 0. The number of rotatable bonds is 4. The number of hydrogen-bond donors (Lipinski definition) is 0.